The zero-order chi connectivity index (χ0) is 21.5. The third kappa shape index (κ3) is 6.36. The molecule has 1 heterocycles. The van der Waals surface area contributed by atoms with Crippen LogP contribution < -0.4 is 8.43 Å². The molecule has 6 nitrogen and oxygen atoms in total. The number of carbonyl (C=O) groups is 1. The van der Waals surface area contributed by atoms with Gasteiger partial charge in [0.25, 0.3) is 0 Å². The van der Waals surface area contributed by atoms with Gasteiger partial charge in [-0.1, -0.05) is 35.3 Å². The molecule has 0 bridgehead atoms. The average molecular weight is 554 g/mol. The highest BCUT2D eigenvalue weighted by molar-refractivity contribution is 14.1. The fourth-order valence-electron chi connectivity index (χ4n) is 2.86. The standard InChI is InChI=1S/C21H18Cl2IN5O/c22-17-7-18(23)9-20(8-17)29(24)13-21(30)27-6-5-19-11-26-14-28(19)12-16-3-1-15(10-25)2-4-16/h1-4,7-9,11,14H,5-6,12-13H2,(H,27,30). The van der Waals surface area contributed by atoms with Crippen LogP contribution in [0, 0.1) is 11.3 Å². The van der Waals surface area contributed by atoms with Gasteiger partial charge in [0, 0.05) is 47.1 Å². The number of hydrogen-bond acceptors (Lipinski definition) is 4. The van der Waals surface area contributed by atoms with Gasteiger partial charge in [-0.2, -0.15) is 5.26 Å². The molecule has 154 valence electrons. The van der Waals surface area contributed by atoms with Gasteiger partial charge in [-0.15, -0.1) is 0 Å². The highest BCUT2D eigenvalue weighted by Crippen LogP contribution is 2.27. The summed E-state index contributed by atoms with van der Waals surface area (Å²) in [6.07, 6.45) is 4.23. The van der Waals surface area contributed by atoms with E-state index in [0.29, 0.717) is 35.1 Å². The highest BCUT2D eigenvalue weighted by Gasteiger charge is 2.11. The van der Waals surface area contributed by atoms with E-state index in [1.807, 2.05) is 16.7 Å². The summed E-state index contributed by atoms with van der Waals surface area (Å²) in [6, 6.07) is 14.7. The fourth-order valence-corrected chi connectivity index (χ4v) is 3.97. The summed E-state index contributed by atoms with van der Waals surface area (Å²) in [7, 11) is 0. The number of aromatic nitrogens is 2. The Morgan fingerprint density at radius 1 is 1.20 bits per heavy atom. The largest absolute Gasteiger partial charge is 0.354 e. The number of halogens is 3. The average Bonchev–Trinajstić information content (AvgIpc) is 3.14. The lowest BCUT2D eigenvalue weighted by Gasteiger charge is -2.17. The summed E-state index contributed by atoms with van der Waals surface area (Å²) in [5.41, 5.74) is 3.51. The summed E-state index contributed by atoms with van der Waals surface area (Å²) in [6.45, 7) is 1.34. The monoisotopic (exact) mass is 553 g/mol. The zero-order valence-corrected chi connectivity index (χ0v) is 19.5. The van der Waals surface area contributed by atoms with Crippen LogP contribution in [-0.4, -0.2) is 28.5 Å². The highest BCUT2D eigenvalue weighted by atomic mass is 127. The summed E-state index contributed by atoms with van der Waals surface area (Å²) >= 11 is 14.1. The molecule has 2 aromatic carbocycles. The maximum Gasteiger partial charge on any atom is 0.240 e. The Morgan fingerprint density at radius 2 is 1.90 bits per heavy atom. The Labute approximate surface area is 198 Å². The van der Waals surface area contributed by atoms with E-state index >= 15 is 0 Å². The van der Waals surface area contributed by atoms with Gasteiger partial charge in [0.1, 0.15) is 6.54 Å². The van der Waals surface area contributed by atoms with Crippen molar-refractivity contribution in [3.05, 3.63) is 81.9 Å². The minimum Gasteiger partial charge on any atom is -0.354 e. The number of benzene rings is 2. The second-order valence-corrected chi connectivity index (χ2v) is 8.61. The van der Waals surface area contributed by atoms with E-state index in [9.17, 15) is 4.79 Å². The van der Waals surface area contributed by atoms with Crippen LogP contribution in [0.25, 0.3) is 0 Å². The van der Waals surface area contributed by atoms with Crippen LogP contribution in [0.1, 0.15) is 16.8 Å². The molecule has 1 N–H and O–H groups in total. The first kappa shape index (κ1) is 22.4. The van der Waals surface area contributed by atoms with Crippen molar-refractivity contribution >= 4 is 57.7 Å². The maximum atomic E-state index is 12.3. The first-order valence-electron chi connectivity index (χ1n) is 9.09. The first-order chi connectivity index (χ1) is 14.4. The number of amides is 1. The maximum absolute atomic E-state index is 12.3. The second-order valence-electron chi connectivity index (χ2n) is 6.57. The van der Waals surface area contributed by atoms with E-state index in [4.69, 9.17) is 28.5 Å². The van der Waals surface area contributed by atoms with Gasteiger partial charge in [-0.25, -0.2) is 4.98 Å². The SMILES string of the molecule is N#Cc1ccc(Cn2cncc2CCNC(=O)CN(I)c2cc(Cl)cc(Cl)c2)cc1. The summed E-state index contributed by atoms with van der Waals surface area (Å²) < 4.78 is 3.80. The Kier molecular flexibility index (Phi) is 7.96. The van der Waals surface area contributed by atoms with Crippen LogP contribution in [0.2, 0.25) is 10.0 Å². The lowest BCUT2D eigenvalue weighted by Crippen LogP contribution is -2.34. The van der Waals surface area contributed by atoms with Crippen molar-refractivity contribution in [3.63, 3.8) is 0 Å². The lowest BCUT2D eigenvalue weighted by atomic mass is 10.1. The predicted molar refractivity (Wildman–Crippen MR) is 127 cm³/mol. The Morgan fingerprint density at radius 3 is 2.57 bits per heavy atom. The number of rotatable bonds is 8. The molecular formula is C21H18Cl2IN5O. The molecule has 0 aliphatic carbocycles. The van der Waals surface area contributed by atoms with Crippen molar-refractivity contribution in [3.8, 4) is 6.07 Å². The van der Waals surface area contributed by atoms with Gasteiger partial charge in [0.2, 0.25) is 5.91 Å². The van der Waals surface area contributed by atoms with E-state index in [0.717, 1.165) is 16.9 Å². The van der Waals surface area contributed by atoms with Gasteiger partial charge in [0.05, 0.1) is 40.8 Å². The number of nitriles is 1. The predicted octanol–water partition coefficient (Wildman–Crippen LogP) is 4.63. The first-order valence-corrected chi connectivity index (χ1v) is 10.8. The molecule has 0 radical (unpaired) electrons. The van der Waals surface area contributed by atoms with Gasteiger partial charge in [0.15, 0.2) is 0 Å². The summed E-state index contributed by atoms with van der Waals surface area (Å²) in [4.78, 5) is 16.5. The van der Waals surface area contributed by atoms with Crippen LogP contribution in [0.3, 0.4) is 0 Å². The minimum atomic E-state index is -0.0985. The van der Waals surface area contributed by atoms with Crippen LogP contribution in [0.15, 0.2) is 55.0 Å². The quantitative estimate of drug-likeness (QED) is 0.326. The molecular weight excluding hydrogens is 536 g/mol. The number of hydrogen-bond donors (Lipinski definition) is 1. The minimum absolute atomic E-state index is 0.0985. The van der Waals surface area contributed by atoms with Gasteiger partial charge < -0.3 is 13.0 Å². The zero-order valence-electron chi connectivity index (χ0n) is 15.9. The van der Waals surface area contributed by atoms with Gasteiger partial charge in [-0.3, -0.25) is 4.79 Å². The molecule has 0 saturated heterocycles. The van der Waals surface area contributed by atoms with Crippen molar-refractivity contribution in [1.29, 1.82) is 5.26 Å². The number of anilines is 1. The number of nitrogens with zero attached hydrogens (tertiary/aromatic N) is 4. The molecule has 0 saturated carbocycles. The number of nitrogens with one attached hydrogen (secondary N) is 1. The summed E-state index contributed by atoms with van der Waals surface area (Å²) in [5.74, 6) is -0.0985. The molecule has 0 unspecified atom stereocenters. The van der Waals surface area contributed by atoms with Crippen molar-refractivity contribution in [2.24, 2.45) is 0 Å². The van der Waals surface area contributed by atoms with E-state index in [-0.39, 0.29) is 12.5 Å². The van der Waals surface area contributed by atoms with Crippen LogP contribution in [0.5, 0.6) is 0 Å². The van der Waals surface area contributed by atoms with Gasteiger partial charge >= 0.3 is 0 Å². The van der Waals surface area contributed by atoms with E-state index in [1.165, 1.54) is 0 Å². The molecule has 0 fully saturated rings. The normalized spacial score (nSPS) is 10.5. The fraction of sp³-hybridized carbons (Fsp3) is 0.190. The Balaban J connectivity index is 1.50. The molecule has 3 aromatic rings. The summed E-state index contributed by atoms with van der Waals surface area (Å²) in [5, 5.41) is 12.9. The molecule has 30 heavy (non-hydrogen) atoms. The van der Waals surface area contributed by atoms with Crippen LogP contribution in [0.4, 0.5) is 5.69 Å². The topological polar surface area (TPSA) is 74.0 Å². The van der Waals surface area contributed by atoms with Crippen LogP contribution >= 0.6 is 46.1 Å². The van der Waals surface area contributed by atoms with Crippen molar-refractivity contribution in [2.75, 3.05) is 16.2 Å². The smallest absolute Gasteiger partial charge is 0.240 e. The van der Waals surface area contributed by atoms with E-state index in [2.05, 4.69) is 39.2 Å². The molecule has 3 rings (SSSR count). The molecule has 0 spiro atoms. The molecule has 0 atom stereocenters. The van der Waals surface area contributed by atoms with E-state index in [1.54, 1.807) is 46.0 Å². The molecule has 1 amide bonds. The molecule has 9 heteroatoms. The van der Waals surface area contributed by atoms with Crippen LogP contribution in [-0.2, 0) is 17.8 Å². The van der Waals surface area contributed by atoms with Gasteiger partial charge in [-0.05, 0) is 35.9 Å². The Hall–Kier alpha value is -2.28. The van der Waals surface area contributed by atoms with Crippen molar-refractivity contribution < 1.29 is 4.79 Å². The second kappa shape index (κ2) is 10.7. The lowest BCUT2D eigenvalue weighted by molar-refractivity contribution is -0.119. The third-order valence-corrected chi connectivity index (χ3v) is 5.68. The van der Waals surface area contributed by atoms with Crippen molar-refractivity contribution in [2.45, 2.75) is 13.0 Å². The molecule has 1 aromatic heterocycles. The Bertz CT molecular complexity index is 1040. The van der Waals surface area contributed by atoms with Crippen molar-refractivity contribution in [1.82, 2.24) is 14.9 Å². The molecule has 0 aliphatic heterocycles. The third-order valence-electron chi connectivity index (χ3n) is 4.35. The molecule has 0 aliphatic rings. The van der Waals surface area contributed by atoms with E-state index < -0.39 is 0 Å². The number of imidazole rings is 1. The number of carbonyl (C=O) groups excluding carboxylic acids is 1.